The molecule has 0 unspecified atom stereocenters. The third-order valence-electron chi connectivity index (χ3n) is 5.92. The smallest absolute Gasteiger partial charge is 0.302 e. The highest BCUT2D eigenvalue weighted by Gasteiger charge is 2.58. The molecular weight excluding hydrogens is 252 g/mol. The van der Waals surface area contributed by atoms with E-state index in [2.05, 4.69) is 6.92 Å². The van der Waals surface area contributed by atoms with Gasteiger partial charge < -0.3 is 9.84 Å². The minimum absolute atomic E-state index is 0.00275. The van der Waals surface area contributed by atoms with Crippen LogP contribution >= 0.6 is 0 Å². The van der Waals surface area contributed by atoms with Gasteiger partial charge in [-0.2, -0.15) is 0 Å². The Kier molecular flexibility index (Phi) is 3.01. The molecular formula is C17H30O3. The van der Waals surface area contributed by atoms with Crippen LogP contribution in [-0.4, -0.2) is 23.3 Å². The van der Waals surface area contributed by atoms with Crippen molar-refractivity contribution in [3.8, 4) is 0 Å². The number of carbonyl (C=O) groups is 1. The first-order valence-corrected chi connectivity index (χ1v) is 7.70. The second-order valence-electron chi connectivity index (χ2n) is 7.58. The summed E-state index contributed by atoms with van der Waals surface area (Å²) < 4.78 is 29.4. The lowest BCUT2D eigenvalue weighted by atomic mass is 9.46. The third-order valence-corrected chi connectivity index (χ3v) is 5.92. The molecule has 2 saturated carbocycles. The van der Waals surface area contributed by atoms with Crippen LogP contribution in [0.1, 0.15) is 70.8 Å². The molecule has 0 bridgehead atoms. The molecule has 5 atom stereocenters. The Labute approximate surface area is 127 Å². The Morgan fingerprint density at radius 1 is 1.35 bits per heavy atom. The van der Waals surface area contributed by atoms with Crippen LogP contribution in [0.5, 0.6) is 0 Å². The minimum atomic E-state index is -2.02. The second kappa shape index (κ2) is 5.01. The molecule has 0 radical (unpaired) electrons. The number of aliphatic hydroxyl groups is 1. The molecule has 0 amide bonds. The molecule has 0 aromatic rings. The lowest BCUT2D eigenvalue weighted by molar-refractivity contribution is -0.188. The minimum Gasteiger partial charge on any atom is -0.465 e. The van der Waals surface area contributed by atoms with E-state index < -0.39 is 17.9 Å². The van der Waals surface area contributed by atoms with E-state index in [9.17, 15) is 9.90 Å². The molecule has 0 aromatic carbocycles. The van der Waals surface area contributed by atoms with Gasteiger partial charge in [0, 0.05) is 17.0 Å². The van der Waals surface area contributed by atoms with E-state index in [0.717, 1.165) is 12.8 Å². The van der Waals surface area contributed by atoms with Gasteiger partial charge in [-0.1, -0.05) is 27.1 Å². The van der Waals surface area contributed by atoms with E-state index in [1.54, 1.807) is 6.92 Å². The Morgan fingerprint density at radius 2 is 2.05 bits per heavy atom. The first kappa shape index (κ1) is 12.0. The fourth-order valence-electron chi connectivity index (χ4n) is 4.87. The van der Waals surface area contributed by atoms with Crippen LogP contribution < -0.4 is 0 Å². The highest BCUT2D eigenvalue weighted by molar-refractivity contribution is 5.65. The summed E-state index contributed by atoms with van der Waals surface area (Å²) in [6, 6.07) is 0. The molecule has 1 N–H and O–H groups in total. The number of hydrogen-bond acceptors (Lipinski definition) is 3. The van der Waals surface area contributed by atoms with Crippen molar-refractivity contribution in [1.29, 1.82) is 0 Å². The fourth-order valence-corrected chi connectivity index (χ4v) is 4.87. The summed E-state index contributed by atoms with van der Waals surface area (Å²) in [5.74, 6) is -0.599. The van der Waals surface area contributed by atoms with Gasteiger partial charge in [0.1, 0.15) is 0 Å². The van der Waals surface area contributed by atoms with Crippen LogP contribution in [0.3, 0.4) is 0 Å². The number of ether oxygens (including phenoxy) is 1. The first-order chi connectivity index (χ1) is 10.3. The molecule has 0 aliphatic heterocycles. The molecule has 3 nitrogen and oxygen atoms in total. The summed E-state index contributed by atoms with van der Waals surface area (Å²) in [6.07, 6.45) is 3.63. The first-order valence-electron chi connectivity index (χ1n) is 9.20. The van der Waals surface area contributed by atoms with Crippen LogP contribution in [0.25, 0.3) is 0 Å². The zero-order valence-corrected chi connectivity index (χ0v) is 13.2. The molecule has 3 heteroatoms. The highest BCUT2D eigenvalue weighted by atomic mass is 16.5. The van der Waals surface area contributed by atoms with E-state index in [0.29, 0.717) is 19.3 Å². The number of esters is 1. The van der Waals surface area contributed by atoms with Crippen LogP contribution in [0.4, 0.5) is 0 Å². The zero-order chi connectivity index (χ0) is 17.7. The van der Waals surface area contributed by atoms with E-state index in [1.165, 1.54) is 6.92 Å². The summed E-state index contributed by atoms with van der Waals surface area (Å²) in [6.45, 7) is 5.27. The van der Waals surface area contributed by atoms with E-state index in [1.807, 2.05) is 6.92 Å². The molecule has 116 valence electrons. The quantitative estimate of drug-likeness (QED) is 0.789. The van der Waals surface area contributed by atoms with Gasteiger partial charge in [-0.3, -0.25) is 4.79 Å². The zero-order valence-electron chi connectivity index (χ0n) is 16.2. The maximum atomic E-state index is 11.3. The lowest BCUT2D eigenvalue weighted by Gasteiger charge is -2.60. The van der Waals surface area contributed by atoms with Crippen LogP contribution in [-0.2, 0) is 9.53 Å². The summed E-state index contributed by atoms with van der Waals surface area (Å²) in [7, 11) is 0. The maximum absolute atomic E-state index is 11.3. The lowest BCUT2D eigenvalue weighted by Crippen LogP contribution is -2.59. The molecule has 0 heterocycles. The molecule has 0 spiro atoms. The van der Waals surface area contributed by atoms with E-state index in [4.69, 9.17) is 8.85 Å². The van der Waals surface area contributed by atoms with Crippen LogP contribution in [0.2, 0.25) is 0 Å². The second-order valence-corrected chi connectivity index (χ2v) is 7.58. The summed E-state index contributed by atoms with van der Waals surface area (Å²) >= 11 is 0. The van der Waals surface area contributed by atoms with Crippen molar-refractivity contribution in [3.63, 3.8) is 0 Å². The van der Waals surface area contributed by atoms with E-state index >= 15 is 0 Å². The van der Waals surface area contributed by atoms with Crippen molar-refractivity contribution in [3.05, 3.63) is 0 Å². The number of carbonyl (C=O) groups excluding carboxylic acids is 1. The number of rotatable bonds is 2. The average molecular weight is 285 g/mol. The molecule has 2 fully saturated rings. The van der Waals surface area contributed by atoms with E-state index in [-0.39, 0.29) is 29.8 Å². The van der Waals surface area contributed by atoms with Gasteiger partial charge in [0.25, 0.3) is 0 Å². The molecule has 0 aromatic heterocycles. The molecule has 2 aliphatic rings. The normalized spacial score (nSPS) is 51.4. The van der Waals surface area contributed by atoms with Gasteiger partial charge in [0.2, 0.25) is 0 Å². The Morgan fingerprint density at radius 3 is 2.65 bits per heavy atom. The number of hydrogen-bond donors (Lipinski definition) is 1. The predicted molar refractivity (Wildman–Crippen MR) is 79.2 cm³/mol. The average Bonchev–Trinajstić information content (AvgIpc) is 2.35. The highest BCUT2D eigenvalue weighted by Crippen LogP contribution is 2.61. The SMILES string of the molecule is [2H]C([2H])([2H])[C@@]1(C)CCC[C@@]2(C)[C@H]1CC[C@@](C)(O)[C@@H]2COC(C)=O. The van der Waals surface area contributed by atoms with Gasteiger partial charge in [0.15, 0.2) is 0 Å². The van der Waals surface area contributed by atoms with Crippen LogP contribution in [0, 0.1) is 22.7 Å². The third kappa shape index (κ3) is 2.61. The van der Waals surface area contributed by atoms with Crippen molar-refractivity contribution in [2.45, 2.75) is 72.3 Å². The Balaban J connectivity index is 2.40. The monoisotopic (exact) mass is 285 g/mol. The van der Waals surface area contributed by atoms with Gasteiger partial charge in [-0.25, -0.2) is 0 Å². The van der Waals surface area contributed by atoms with Gasteiger partial charge in [-0.15, -0.1) is 0 Å². The van der Waals surface area contributed by atoms with Crippen LogP contribution in [0.15, 0.2) is 0 Å². The summed E-state index contributed by atoms with van der Waals surface area (Å²) in [5.41, 5.74) is -2.02. The largest absolute Gasteiger partial charge is 0.465 e. The van der Waals surface area contributed by atoms with Gasteiger partial charge >= 0.3 is 5.97 Å². The standard InChI is InChI=1S/C17H30O3/c1-12(18)20-11-14-16(4)9-6-8-15(2,3)13(16)7-10-17(14,5)19/h13-14,19H,6-11H2,1-5H3/t13-,14+,16-,17+/m0/s1/i2D3/t13-,14+,15+,16-,17+. The maximum Gasteiger partial charge on any atom is 0.302 e. The molecule has 2 rings (SSSR count). The molecule has 20 heavy (non-hydrogen) atoms. The number of fused-ring (bicyclic) bond motifs is 1. The van der Waals surface area contributed by atoms with Gasteiger partial charge in [0.05, 0.1) is 12.2 Å². The van der Waals surface area contributed by atoms with Crippen molar-refractivity contribution >= 4 is 5.97 Å². The van der Waals surface area contributed by atoms with Crippen molar-refractivity contribution in [2.24, 2.45) is 22.7 Å². The van der Waals surface area contributed by atoms with Crippen molar-refractivity contribution in [1.82, 2.24) is 0 Å². The Bertz CT molecular complexity index is 474. The molecule has 0 saturated heterocycles. The summed E-state index contributed by atoms with van der Waals surface area (Å²) in [4.78, 5) is 11.3. The summed E-state index contributed by atoms with van der Waals surface area (Å²) in [5, 5.41) is 10.9. The topological polar surface area (TPSA) is 46.5 Å². The van der Waals surface area contributed by atoms with Gasteiger partial charge in [-0.05, 0) is 49.4 Å². The predicted octanol–water partition coefficient (Wildman–Crippen LogP) is 3.54. The van der Waals surface area contributed by atoms with Crippen molar-refractivity contribution < 1.29 is 18.8 Å². The van der Waals surface area contributed by atoms with Crippen molar-refractivity contribution in [2.75, 3.05) is 6.61 Å². The Hall–Kier alpha value is -0.570. The fraction of sp³-hybridized carbons (Fsp3) is 0.941. The molecule has 2 aliphatic carbocycles.